The van der Waals surface area contributed by atoms with E-state index in [-0.39, 0.29) is 18.1 Å². The van der Waals surface area contributed by atoms with E-state index in [2.05, 4.69) is 49.9 Å². The van der Waals surface area contributed by atoms with E-state index in [9.17, 15) is 24.7 Å². The van der Waals surface area contributed by atoms with Crippen molar-refractivity contribution in [2.75, 3.05) is 44.2 Å². The number of hydroxylamine groups is 1. The molecule has 0 aromatic heterocycles. The van der Waals surface area contributed by atoms with Gasteiger partial charge in [-0.05, 0) is 48.8 Å². The maximum atomic E-state index is 13.5. The maximum Gasteiger partial charge on any atom is 0.410 e. The molecule has 2 heterocycles. The number of likely N-dealkylation sites (tertiary alicyclic amines) is 1. The highest BCUT2D eigenvalue weighted by molar-refractivity contribution is 5.94. The summed E-state index contributed by atoms with van der Waals surface area (Å²) in [5, 5.41) is 20.4. The number of carbonyl (C=O) groups is 3. The summed E-state index contributed by atoms with van der Waals surface area (Å²) in [4.78, 5) is 43.8. The van der Waals surface area contributed by atoms with E-state index in [0.717, 1.165) is 37.8 Å². The Hall–Kier alpha value is -2.85. The quantitative estimate of drug-likeness (QED) is 0.414. The van der Waals surface area contributed by atoms with Crippen LogP contribution >= 0.6 is 0 Å². The summed E-state index contributed by atoms with van der Waals surface area (Å²) in [6, 6.07) is 8.43. The second-order valence-electron chi connectivity index (χ2n) is 11.6. The molecular formula is C27H40N4O6. The van der Waals surface area contributed by atoms with Gasteiger partial charge in [0.1, 0.15) is 6.10 Å². The molecule has 204 valence electrons. The molecule has 2 atom stereocenters. The second kappa shape index (κ2) is 10.9. The Kier molecular flexibility index (Phi) is 7.99. The maximum absolute atomic E-state index is 13.5. The smallest absolute Gasteiger partial charge is 0.410 e. The first-order chi connectivity index (χ1) is 17.5. The molecule has 1 unspecified atom stereocenters. The number of rotatable bonds is 4. The molecule has 2 saturated heterocycles. The molecule has 10 nitrogen and oxygen atoms in total. The van der Waals surface area contributed by atoms with E-state index in [0.29, 0.717) is 26.2 Å². The Balaban J connectivity index is 1.40. The topological polar surface area (TPSA) is 123 Å². The molecule has 1 saturated carbocycles. The minimum absolute atomic E-state index is 0.0687. The van der Waals surface area contributed by atoms with Crippen LogP contribution in [0.3, 0.4) is 0 Å². The van der Waals surface area contributed by atoms with Crippen LogP contribution in [0.15, 0.2) is 24.3 Å². The van der Waals surface area contributed by atoms with Crippen LogP contribution in [0.1, 0.15) is 58.4 Å². The third kappa shape index (κ3) is 5.85. The number of hydrogen-bond acceptors (Lipinski definition) is 7. The summed E-state index contributed by atoms with van der Waals surface area (Å²) in [7, 11) is 0. The van der Waals surface area contributed by atoms with Gasteiger partial charge in [-0.3, -0.25) is 14.8 Å². The molecule has 1 aromatic rings. The SMILES string of the molecule is CC(C)(C)c1ccc(N2CCN(C(=O)C3CN(C(=O)OC4CCCCC4)C[C@@]3(O)C(=O)NO)CC2)cc1. The lowest BCUT2D eigenvalue weighted by molar-refractivity contribution is -0.159. The van der Waals surface area contributed by atoms with Gasteiger partial charge in [-0.2, -0.15) is 0 Å². The number of nitrogens with zero attached hydrogens (tertiary/aromatic N) is 3. The van der Waals surface area contributed by atoms with Crippen molar-refractivity contribution in [2.24, 2.45) is 5.92 Å². The predicted molar refractivity (Wildman–Crippen MR) is 137 cm³/mol. The van der Waals surface area contributed by atoms with Gasteiger partial charge in [-0.25, -0.2) is 10.3 Å². The van der Waals surface area contributed by atoms with Crippen LogP contribution in [0.5, 0.6) is 0 Å². The average molecular weight is 517 g/mol. The number of carbonyl (C=O) groups excluding carboxylic acids is 3. The molecule has 10 heteroatoms. The van der Waals surface area contributed by atoms with Crippen LogP contribution < -0.4 is 10.4 Å². The number of benzene rings is 1. The molecule has 3 aliphatic rings. The third-order valence-electron chi connectivity index (χ3n) is 7.97. The standard InChI is InChI=1S/C27H40N4O6/c1-26(2,3)19-9-11-20(12-10-19)29-13-15-30(16-14-29)23(32)22-17-31(18-27(22,35)24(33)28-36)25(34)37-21-7-5-4-6-8-21/h9-12,21-22,35-36H,4-8,13-18H2,1-3H3,(H,28,33)/t22?,27-/m0/s1. The highest BCUT2D eigenvalue weighted by Gasteiger charge is 2.57. The van der Waals surface area contributed by atoms with Crippen molar-refractivity contribution < 1.29 is 29.4 Å². The second-order valence-corrected chi connectivity index (χ2v) is 11.6. The van der Waals surface area contributed by atoms with Crippen LogP contribution in [0, 0.1) is 5.92 Å². The summed E-state index contributed by atoms with van der Waals surface area (Å²) < 4.78 is 5.60. The van der Waals surface area contributed by atoms with Gasteiger partial charge in [0.05, 0.1) is 12.5 Å². The van der Waals surface area contributed by atoms with Crippen molar-refractivity contribution in [1.82, 2.24) is 15.3 Å². The van der Waals surface area contributed by atoms with Crippen LogP contribution in [0.2, 0.25) is 0 Å². The van der Waals surface area contributed by atoms with Gasteiger partial charge >= 0.3 is 6.09 Å². The average Bonchev–Trinajstić information content (AvgIpc) is 3.26. The first kappa shape index (κ1) is 27.2. The van der Waals surface area contributed by atoms with Gasteiger partial charge in [0.25, 0.3) is 5.91 Å². The van der Waals surface area contributed by atoms with Crippen molar-refractivity contribution in [3.05, 3.63) is 29.8 Å². The third-order valence-corrected chi connectivity index (χ3v) is 7.97. The van der Waals surface area contributed by atoms with Crippen molar-refractivity contribution in [1.29, 1.82) is 0 Å². The zero-order valence-corrected chi connectivity index (χ0v) is 22.1. The van der Waals surface area contributed by atoms with Crippen LogP contribution in [-0.4, -0.2) is 89.0 Å². The van der Waals surface area contributed by atoms with Gasteiger partial charge in [0.15, 0.2) is 5.60 Å². The van der Waals surface area contributed by atoms with E-state index in [1.807, 2.05) is 0 Å². The van der Waals surface area contributed by atoms with Crippen LogP contribution in [0.4, 0.5) is 10.5 Å². The largest absolute Gasteiger partial charge is 0.446 e. The fourth-order valence-corrected chi connectivity index (χ4v) is 5.56. The predicted octanol–water partition coefficient (Wildman–Crippen LogP) is 2.27. The van der Waals surface area contributed by atoms with Crippen LogP contribution in [0.25, 0.3) is 0 Å². The molecule has 0 radical (unpaired) electrons. The number of aliphatic hydroxyl groups is 1. The Bertz CT molecular complexity index is 980. The number of amides is 3. The van der Waals surface area contributed by atoms with Gasteiger partial charge in [0, 0.05) is 38.4 Å². The van der Waals surface area contributed by atoms with E-state index in [4.69, 9.17) is 4.74 Å². The Morgan fingerprint density at radius 2 is 1.59 bits per heavy atom. The molecule has 0 spiro atoms. The summed E-state index contributed by atoms with van der Waals surface area (Å²) in [5.41, 5.74) is 1.63. The van der Waals surface area contributed by atoms with Crippen molar-refractivity contribution >= 4 is 23.6 Å². The van der Waals surface area contributed by atoms with Crippen molar-refractivity contribution in [2.45, 2.75) is 70.0 Å². The lowest BCUT2D eigenvalue weighted by Gasteiger charge is -2.38. The number of nitrogens with one attached hydrogen (secondary N) is 1. The Morgan fingerprint density at radius 3 is 2.16 bits per heavy atom. The number of hydrogen-bond donors (Lipinski definition) is 3. The molecule has 0 bridgehead atoms. The van der Waals surface area contributed by atoms with Gasteiger partial charge < -0.3 is 24.5 Å². The first-order valence-corrected chi connectivity index (χ1v) is 13.3. The van der Waals surface area contributed by atoms with Crippen LogP contribution in [-0.2, 0) is 19.7 Å². The first-order valence-electron chi connectivity index (χ1n) is 13.3. The lowest BCUT2D eigenvalue weighted by Crippen LogP contribution is -2.58. The zero-order valence-electron chi connectivity index (χ0n) is 22.1. The Morgan fingerprint density at radius 1 is 0.973 bits per heavy atom. The molecule has 3 amide bonds. The minimum Gasteiger partial charge on any atom is -0.446 e. The number of β-amino-alcohol motifs (C(OH)–C–C–N with tert-alkyl or cyclic N) is 1. The van der Waals surface area contributed by atoms with Crippen molar-refractivity contribution in [3.8, 4) is 0 Å². The fourth-order valence-electron chi connectivity index (χ4n) is 5.56. The number of anilines is 1. The van der Waals surface area contributed by atoms with E-state index in [1.165, 1.54) is 15.9 Å². The van der Waals surface area contributed by atoms with Gasteiger partial charge in [-0.1, -0.05) is 39.3 Å². The lowest BCUT2D eigenvalue weighted by atomic mass is 9.87. The number of ether oxygens (including phenoxy) is 1. The Labute approximate surface area is 218 Å². The molecule has 2 aliphatic heterocycles. The molecule has 4 rings (SSSR count). The summed E-state index contributed by atoms with van der Waals surface area (Å²) in [5.74, 6) is -2.71. The molecule has 1 aliphatic carbocycles. The van der Waals surface area contributed by atoms with E-state index >= 15 is 0 Å². The highest BCUT2D eigenvalue weighted by atomic mass is 16.6. The van der Waals surface area contributed by atoms with Gasteiger partial charge in [0.2, 0.25) is 5.91 Å². The normalized spacial score (nSPS) is 25.2. The summed E-state index contributed by atoms with van der Waals surface area (Å²) in [6.45, 7) is 7.99. The monoisotopic (exact) mass is 516 g/mol. The number of piperazine rings is 1. The zero-order chi connectivity index (χ0) is 26.8. The summed E-state index contributed by atoms with van der Waals surface area (Å²) in [6.07, 6.45) is 3.82. The molecule has 37 heavy (non-hydrogen) atoms. The summed E-state index contributed by atoms with van der Waals surface area (Å²) >= 11 is 0. The van der Waals surface area contributed by atoms with Gasteiger partial charge in [-0.15, -0.1) is 0 Å². The van der Waals surface area contributed by atoms with E-state index in [1.54, 1.807) is 4.90 Å². The molecule has 3 fully saturated rings. The highest BCUT2D eigenvalue weighted by Crippen LogP contribution is 2.32. The van der Waals surface area contributed by atoms with Crippen molar-refractivity contribution in [3.63, 3.8) is 0 Å². The molecule has 1 aromatic carbocycles. The van der Waals surface area contributed by atoms with E-state index < -0.39 is 36.0 Å². The fraction of sp³-hybridized carbons (Fsp3) is 0.667. The molecule has 3 N–H and O–H groups in total. The molecular weight excluding hydrogens is 476 g/mol. The minimum atomic E-state index is -2.24.